The predicted octanol–water partition coefficient (Wildman–Crippen LogP) is 4.17. The molecule has 3 nitrogen and oxygen atoms in total. The lowest BCUT2D eigenvalue weighted by atomic mass is 9.98. The maximum atomic E-state index is 12.7. The number of nitrogens with zero attached hydrogens (tertiary/aromatic N) is 1. The summed E-state index contributed by atoms with van der Waals surface area (Å²) in [7, 11) is 1.55. The number of piperazine rings is 1. The molecule has 1 N–H and O–H groups in total. The average molecular weight is 418 g/mol. The molecule has 23 heavy (non-hydrogen) atoms. The third kappa shape index (κ3) is 6.14. The Morgan fingerprint density at radius 3 is 2.52 bits per heavy atom. The monoisotopic (exact) mass is 416 g/mol. The molecule has 1 saturated heterocycles. The summed E-state index contributed by atoms with van der Waals surface area (Å²) in [5.41, 5.74) is 0.808. The number of hydrogen-bond acceptors (Lipinski definition) is 3. The van der Waals surface area contributed by atoms with Crippen LogP contribution < -0.4 is 10.1 Å². The molecular weight excluding hydrogens is 397 g/mol. The molecule has 0 amide bonds. The molecule has 2 rings (SSSR count). The normalized spacial score (nSPS) is 17.4. The van der Waals surface area contributed by atoms with Crippen LogP contribution in [0.25, 0.3) is 0 Å². The SMILES string of the molecule is COc1ccc(Br)cc1[C@H](CCC(F)(F)F)N1CCNCC1.Cl. The lowest BCUT2D eigenvalue weighted by Gasteiger charge is -2.36. The van der Waals surface area contributed by atoms with E-state index in [9.17, 15) is 13.2 Å². The van der Waals surface area contributed by atoms with E-state index < -0.39 is 12.6 Å². The van der Waals surface area contributed by atoms with Gasteiger partial charge in [0.05, 0.1) is 7.11 Å². The van der Waals surface area contributed by atoms with Crippen molar-refractivity contribution in [2.75, 3.05) is 33.3 Å². The number of methoxy groups -OCH3 is 1. The Hall–Kier alpha value is -0.500. The van der Waals surface area contributed by atoms with Crippen molar-refractivity contribution in [3.63, 3.8) is 0 Å². The van der Waals surface area contributed by atoms with E-state index >= 15 is 0 Å². The number of ether oxygens (including phenoxy) is 1. The number of alkyl halides is 3. The fourth-order valence-corrected chi connectivity index (χ4v) is 3.17. The summed E-state index contributed by atoms with van der Waals surface area (Å²) in [5, 5.41) is 3.23. The van der Waals surface area contributed by atoms with Crippen LogP contribution in [0, 0.1) is 0 Å². The molecular formula is C15H21BrClF3N2O. The highest BCUT2D eigenvalue weighted by Crippen LogP contribution is 2.37. The van der Waals surface area contributed by atoms with E-state index in [2.05, 4.69) is 26.1 Å². The van der Waals surface area contributed by atoms with Crippen molar-refractivity contribution in [2.45, 2.75) is 25.1 Å². The Bertz CT molecular complexity index is 496. The van der Waals surface area contributed by atoms with Crippen LogP contribution in [-0.4, -0.2) is 44.4 Å². The first-order valence-electron chi connectivity index (χ1n) is 7.25. The molecule has 1 heterocycles. The van der Waals surface area contributed by atoms with Gasteiger partial charge < -0.3 is 10.1 Å². The molecule has 0 aliphatic carbocycles. The summed E-state index contributed by atoms with van der Waals surface area (Å²) in [6.45, 7) is 3.05. The molecule has 8 heteroatoms. The van der Waals surface area contributed by atoms with E-state index in [1.807, 2.05) is 12.1 Å². The molecule has 132 valence electrons. The molecule has 0 saturated carbocycles. The number of halogens is 5. The van der Waals surface area contributed by atoms with E-state index in [0.29, 0.717) is 5.75 Å². The minimum Gasteiger partial charge on any atom is -0.496 e. The van der Waals surface area contributed by atoms with Gasteiger partial charge in [-0.1, -0.05) is 15.9 Å². The van der Waals surface area contributed by atoms with Crippen LogP contribution in [0.2, 0.25) is 0 Å². The van der Waals surface area contributed by atoms with E-state index in [-0.39, 0.29) is 24.9 Å². The molecule has 1 aromatic carbocycles. The minimum absolute atomic E-state index is 0. The quantitative estimate of drug-likeness (QED) is 0.778. The molecule has 1 aliphatic heterocycles. The van der Waals surface area contributed by atoms with Gasteiger partial charge >= 0.3 is 6.18 Å². The zero-order valence-corrected chi connectivity index (χ0v) is 15.2. The zero-order valence-electron chi connectivity index (χ0n) is 12.8. The van der Waals surface area contributed by atoms with Crippen molar-refractivity contribution < 1.29 is 17.9 Å². The Morgan fingerprint density at radius 1 is 1.30 bits per heavy atom. The van der Waals surface area contributed by atoms with Crippen molar-refractivity contribution in [2.24, 2.45) is 0 Å². The summed E-state index contributed by atoms with van der Waals surface area (Å²) in [4.78, 5) is 2.10. The molecule has 1 aliphatic rings. The van der Waals surface area contributed by atoms with Gasteiger partial charge in [0.15, 0.2) is 0 Å². The van der Waals surface area contributed by atoms with E-state index in [4.69, 9.17) is 4.74 Å². The molecule has 1 aromatic rings. The fourth-order valence-electron chi connectivity index (χ4n) is 2.79. The number of benzene rings is 1. The van der Waals surface area contributed by atoms with Crippen molar-refractivity contribution >= 4 is 28.3 Å². The Balaban J connectivity index is 0.00000264. The molecule has 0 unspecified atom stereocenters. The molecule has 1 fully saturated rings. The smallest absolute Gasteiger partial charge is 0.389 e. The predicted molar refractivity (Wildman–Crippen MR) is 90.4 cm³/mol. The van der Waals surface area contributed by atoms with Gasteiger partial charge in [-0.2, -0.15) is 13.2 Å². The van der Waals surface area contributed by atoms with Crippen LogP contribution in [0.5, 0.6) is 5.75 Å². The number of hydrogen-bond donors (Lipinski definition) is 1. The summed E-state index contributed by atoms with van der Waals surface area (Å²) >= 11 is 3.40. The van der Waals surface area contributed by atoms with Gasteiger partial charge in [0.25, 0.3) is 0 Å². The van der Waals surface area contributed by atoms with Gasteiger partial charge in [-0.15, -0.1) is 12.4 Å². The van der Waals surface area contributed by atoms with Gasteiger partial charge in [0, 0.05) is 48.7 Å². The summed E-state index contributed by atoms with van der Waals surface area (Å²) < 4.78 is 44.3. The Labute approximate surface area is 149 Å². The first kappa shape index (κ1) is 20.5. The minimum atomic E-state index is -4.15. The highest BCUT2D eigenvalue weighted by molar-refractivity contribution is 9.10. The maximum Gasteiger partial charge on any atom is 0.389 e. The van der Waals surface area contributed by atoms with Crippen LogP contribution in [0.15, 0.2) is 22.7 Å². The summed E-state index contributed by atoms with van der Waals surface area (Å²) in [5.74, 6) is 0.633. The standard InChI is InChI=1S/C15H20BrF3N2O.ClH/c1-22-14-3-2-11(16)10-12(14)13(4-5-15(17,18)19)21-8-6-20-7-9-21;/h2-3,10,13,20H,4-9H2,1H3;1H/t13-;/m0./s1. The molecule has 0 spiro atoms. The van der Waals surface area contributed by atoms with Gasteiger partial charge in [-0.3, -0.25) is 4.90 Å². The third-order valence-corrected chi connectivity index (χ3v) is 4.34. The third-order valence-electron chi connectivity index (χ3n) is 3.84. The number of nitrogens with one attached hydrogen (secondary N) is 1. The van der Waals surface area contributed by atoms with E-state index in [1.54, 1.807) is 13.2 Å². The summed E-state index contributed by atoms with van der Waals surface area (Å²) in [6.07, 6.45) is -4.90. The highest BCUT2D eigenvalue weighted by atomic mass is 79.9. The Kier molecular flexibility index (Phi) is 8.13. The van der Waals surface area contributed by atoms with Crippen LogP contribution in [0.3, 0.4) is 0 Å². The van der Waals surface area contributed by atoms with Crippen LogP contribution in [0.1, 0.15) is 24.4 Å². The second-order valence-electron chi connectivity index (χ2n) is 5.34. The van der Waals surface area contributed by atoms with Crippen molar-refractivity contribution in [3.05, 3.63) is 28.2 Å². The largest absolute Gasteiger partial charge is 0.496 e. The van der Waals surface area contributed by atoms with Gasteiger partial charge in [-0.25, -0.2) is 0 Å². The fraction of sp³-hybridized carbons (Fsp3) is 0.600. The van der Waals surface area contributed by atoms with E-state index in [1.165, 1.54) is 0 Å². The van der Waals surface area contributed by atoms with Crippen molar-refractivity contribution in [1.29, 1.82) is 0 Å². The Morgan fingerprint density at radius 2 is 1.96 bits per heavy atom. The summed E-state index contributed by atoms with van der Waals surface area (Å²) in [6, 6.07) is 5.20. The maximum absolute atomic E-state index is 12.7. The zero-order chi connectivity index (χ0) is 16.2. The van der Waals surface area contributed by atoms with Crippen LogP contribution >= 0.6 is 28.3 Å². The van der Waals surface area contributed by atoms with Crippen LogP contribution in [0.4, 0.5) is 13.2 Å². The van der Waals surface area contributed by atoms with E-state index in [0.717, 1.165) is 36.2 Å². The molecule has 0 radical (unpaired) electrons. The van der Waals surface area contributed by atoms with Gasteiger partial charge in [0.2, 0.25) is 0 Å². The van der Waals surface area contributed by atoms with Crippen LogP contribution in [-0.2, 0) is 0 Å². The topological polar surface area (TPSA) is 24.5 Å². The van der Waals surface area contributed by atoms with Gasteiger partial charge in [0.1, 0.15) is 5.75 Å². The average Bonchev–Trinajstić information content (AvgIpc) is 2.48. The molecule has 0 bridgehead atoms. The van der Waals surface area contributed by atoms with Gasteiger partial charge in [-0.05, 0) is 24.6 Å². The first-order valence-corrected chi connectivity index (χ1v) is 8.05. The lowest BCUT2D eigenvalue weighted by molar-refractivity contribution is -0.138. The highest BCUT2D eigenvalue weighted by Gasteiger charge is 2.32. The second kappa shape index (κ2) is 9.11. The van der Waals surface area contributed by atoms with Crippen molar-refractivity contribution in [3.8, 4) is 5.75 Å². The first-order chi connectivity index (χ1) is 10.4. The number of rotatable bonds is 5. The molecule has 0 aromatic heterocycles. The van der Waals surface area contributed by atoms with Crippen molar-refractivity contribution in [1.82, 2.24) is 10.2 Å². The second-order valence-corrected chi connectivity index (χ2v) is 6.26. The lowest BCUT2D eigenvalue weighted by Crippen LogP contribution is -2.45. The molecule has 1 atom stereocenters.